The van der Waals surface area contributed by atoms with Gasteiger partial charge in [-0.05, 0) is 28.7 Å². The maximum absolute atomic E-state index is 5.45. The van der Waals surface area contributed by atoms with Gasteiger partial charge in [0.1, 0.15) is 0 Å². The molecule has 0 bridgehead atoms. The maximum atomic E-state index is 5.45. The molecule has 0 aliphatic carbocycles. The second-order valence-corrected chi connectivity index (χ2v) is 7.09. The summed E-state index contributed by atoms with van der Waals surface area (Å²) in [6, 6.07) is 12.5. The lowest BCUT2D eigenvalue weighted by Crippen LogP contribution is -2.22. The molecule has 0 aliphatic rings. The molecule has 4 N–H and O–H groups in total. The van der Waals surface area contributed by atoms with E-state index in [0.29, 0.717) is 6.54 Å². The summed E-state index contributed by atoms with van der Waals surface area (Å²) < 4.78 is 0. The van der Waals surface area contributed by atoms with Crippen LogP contribution in [0.2, 0.25) is 0 Å². The Morgan fingerprint density at radius 2 is 1.56 bits per heavy atom. The topological polar surface area (TPSA) is 90.2 Å². The molecule has 0 fully saturated rings. The van der Waals surface area contributed by atoms with Gasteiger partial charge in [0.2, 0.25) is 0 Å². The molecule has 128 valence electrons. The van der Waals surface area contributed by atoms with Crippen molar-refractivity contribution in [1.82, 2.24) is 9.97 Å². The number of aromatic nitrogens is 2. The molecule has 0 saturated carbocycles. The molecule has 0 unspecified atom stereocenters. The summed E-state index contributed by atoms with van der Waals surface area (Å²) in [5, 5.41) is 0. The molecule has 0 aliphatic heterocycles. The Kier molecular flexibility index (Phi) is 4.40. The zero-order chi connectivity index (χ0) is 18.0. The van der Waals surface area contributed by atoms with Crippen LogP contribution in [-0.2, 0) is 12.0 Å². The van der Waals surface area contributed by atoms with Crippen molar-refractivity contribution < 1.29 is 0 Å². The number of pyridine rings is 2. The largest absolute Gasteiger partial charge is 0.370 e. The van der Waals surface area contributed by atoms with Crippen molar-refractivity contribution in [2.75, 3.05) is 0 Å². The van der Waals surface area contributed by atoms with Crippen molar-refractivity contribution in [2.24, 2.45) is 16.5 Å². The third-order valence-corrected chi connectivity index (χ3v) is 4.20. The molecule has 1 aromatic carbocycles. The highest BCUT2D eigenvalue weighted by Crippen LogP contribution is 2.30. The van der Waals surface area contributed by atoms with Gasteiger partial charge >= 0.3 is 0 Å². The van der Waals surface area contributed by atoms with Crippen LogP contribution in [0, 0.1) is 0 Å². The Balaban J connectivity index is 2.08. The molecule has 0 atom stereocenters. The van der Waals surface area contributed by atoms with Crippen LogP contribution >= 0.6 is 0 Å². The lowest BCUT2D eigenvalue weighted by atomic mass is 9.86. The maximum Gasteiger partial charge on any atom is 0.186 e. The number of nitrogens with two attached hydrogens (primary N) is 2. The van der Waals surface area contributed by atoms with Crippen LogP contribution < -0.4 is 11.5 Å². The normalized spacial score (nSPS) is 11.5. The first-order valence-corrected chi connectivity index (χ1v) is 8.25. The van der Waals surface area contributed by atoms with E-state index in [9.17, 15) is 0 Å². The fourth-order valence-corrected chi connectivity index (χ4v) is 2.79. The smallest absolute Gasteiger partial charge is 0.186 e. The monoisotopic (exact) mass is 333 g/mol. The van der Waals surface area contributed by atoms with E-state index >= 15 is 0 Å². The summed E-state index contributed by atoms with van der Waals surface area (Å²) in [5.41, 5.74) is 17.1. The molecule has 3 aromatic rings. The van der Waals surface area contributed by atoms with E-state index in [1.54, 1.807) is 12.4 Å². The lowest BCUT2D eigenvalue weighted by molar-refractivity contribution is 0.590. The Morgan fingerprint density at radius 1 is 0.920 bits per heavy atom. The highest BCUT2D eigenvalue weighted by atomic mass is 15.0. The Hall–Kier alpha value is -2.95. The second-order valence-electron chi connectivity index (χ2n) is 7.09. The number of rotatable bonds is 3. The van der Waals surface area contributed by atoms with Gasteiger partial charge in [0.05, 0.1) is 17.6 Å². The van der Waals surface area contributed by atoms with E-state index in [0.717, 1.165) is 27.7 Å². The zero-order valence-electron chi connectivity index (χ0n) is 14.8. The van der Waals surface area contributed by atoms with Crippen LogP contribution in [0.25, 0.3) is 22.2 Å². The standard InChI is InChI=1S/C20H23N5/c1-20(2,3)15-6-4-13(5-7-15)16-9-11-23-17-14(12-25-19(21)22)8-10-24-18(16)17/h4-11H,12H2,1-3H3,(H4,21,22,25). The molecule has 0 amide bonds. The number of hydrogen-bond donors (Lipinski definition) is 2. The van der Waals surface area contributed by atoms with Gasteiger partial charge in [0.15, 0.2) is 5.96 Å². The molecule has 2 heterocycles. The minimum atomic E-state index is 0.0684. The zero-order valence-corrected chi connectivity index (χ0v) is 14.8. The molecule has 0 saturated heterocycles. The molecule has 25 heavy (non-hydrogen) atoms. The second kappa shape index (κ2) is 6.51. The van der Waals surface area contributed by atoms with Crippen LogP contribution in [0.15, 0.2) is 53.8 Å². The van der Waals surface area contributed by atoms with E-state index < -0.39 is 0 Å². The van der Waals surface area contributed by atoms with Gasteiger partial charge < -0.3 is 11.5 Å². The quantitative estimate of drug-likeness (QED) is 0.568. The van der Waals surface area contributed by atoms with Crippen LogP contribution in [0.4, 0.5) is 0 Å². The Morgan fingerprint density at radius 3 is 2.20 bits per heavy atom. The summed E-state index contributed by atoms with van der Waals surface area (Å²) in [6.45, 7) is 7.02. The van der Waals surface area contributed by atoms with Crippen molar-refractivity contribution in [3.8, 4) is 11.1 Å². The van der Waals surface area contributed by atoms with Crippen molar-refractivity contribution in [1.29, 1.82) is 0 Å². The van der Waals surface area contributed by atoms with Crippen molar-refractivity contribution in [3.63, 3.8) is 0 Å². The van der Waals surface area contributed by atoms with Gasteiger partial charge in [0, 0.05) is 23.5 Å². The lowest BCUT2D eigenvalue weighted by Gasteiger charge is -2.19. The number of guanidine groups is 1. The first-order chi connectivity index (χ1) is 11.9. The van der Waals surface area contributed by atoms with Gasteiger partial charge in [-0.15, -0.1) is 0 Å². The first kappa shape index (κ1) is 16.9. The summed E-state index contributed by atoms with van der Waals surface area (Å²) in [6.07, 6.45) is 3.57. The van der Waals surface area contributed by atoms with Gasteiger partial charge in [-0.25, -0.2) is 4.99 Å². The van der Waals surface area contributed by atoms with Crippen LogP contribution in [0.5, 0.6) is 0 Å². The first-order valence-electron chi connectivity index (χ1n) is 8.25. The van der Waals surface area contributed by atoms with Gasteiger partial charge in [-0.1, -0.05) is 45.0 Å². The summed E-state index contributed by atoms with van der Waals surface area (Å²) in [7, 11) is 0. The van der Waals surface area contributed by atoms with E-state index in [1.807, 2.05) is 12.1 Å². The van der Waals surface area contributed by atoms with E-state index in [2.05, 4.69) is 60.0 Å². The van der Waals surface area contributed by atoms with Crippen LogP contribution in [0.3, 0.4) is 0 Å². The summed E-state index contributed by atoms with van der Waals surface area (Å²) >= 11 is 0. The summed E-state index contributed by atoms with van der Waals surface area (Å²) in [5.74, 6) is 0.0684. The molecule has 5 nitrogen and oxygen atoms in total. The molecule has 0 radical (unpaired) electrons. The van der Waals surface area contributed by atoms with Crippen molar-refractivity contribution in [2.45, 2.75) is 32.7 Å². The minimum absolute atomic E-state index is 0.0684. The molecule has 0 spiro atoms. The molecule has 2 aromatic heterocycles. The highest BCUT2D eigenvalue weighted by molar-refractivity contribution is 5.92. The molecular weight excluding hydrogens is 310 g/mol. The highest BCUT2D eigenvalue weighted by Gasteiger charge is 2.14. The van der Waals surface area contributed by atoms with E-state index in [1.165, 1.54) is 5.56 Å². The fourth-order valence-electron chi connectivity index (χ4n) is 2.79. The van der Waals surface area contributed by atoms with Gasteiger partial charge in [-0.3, -0.25) is 9.97 Å². The number of benzene rings is 1. The predicted molar refractivity (Wildman–Crippen MR) is 103 cm³/mol. The summed E-state index contributed by atoms with van der Waals surface area (Å²) in [4.78, 5) is 13.1. The molecule has 3 rings (SSSR count). The van der Waals surface area contributed by atoms with Crippen LogP contribution in [0.1, 0.15) is 31.9 Å². The fraction of sp³-hybridized carbons (Fsp3) is 0.250. The average Bonchev–Trinajstić information content (AvgIpc) is 2.58. The number of aliphatic imine (C=N–C) groups is 1. The Labute approximate surface area is 147 Å². The number of fused-ring (bicyclic) bond motifs is 1. The van der Waals surface area contributed by atoms with E-state index in [4.69, 9.17) is 11.5 Å². The van der Waals surface area contributed by atoms with Crippen LogP contribution in [-0.4, -0.2) is 15.9 Å². The Bertz CT molecular complexity index is 917. The third-order valence-electron chi connectivity index (χ3n) is 4.20. The predicted octanol–water partition coefficient (Wildman–Crippen LogP) is 3.37. The van der Waals surface area contributed by atoms with E-state index in [-0.39, 0.29) is 11.4 Å². The SMILES string of the molecule is CC(C)(C)c1ccc(-c2ccnc3c(CN=C(N)N)ccnc23)cc1. The third kappa shape index (κ3) is 3.60. The average molecular weight is 333 g/mol. The van der Waals surface area contributed by atoms with Crippen molar-refractivity contribution >= 4 is 17.0 Å². The molecular formula is C20H23N5. The number of nitrogens with zero attached hydrogens (tertiary/aromatic N) is 3. The van der Waals surface area contributed by atoms with Crippen molar-refractivity contribution in [3.05, 3.63) is 59.9 Å². The van der Waals surface area contributed by atoms with Gasteiger partial charge in [-0.2, -0.15) is 0 Å². The van der Waals surface area contributed by atoms with Gasteiger partial charge in [0.25, 0.3) is 0 Å². The number of hydrogen-bond acceptors (Lipinski definition) is 3. The molecule has 5 heteroatoms. The minimum Gasteiger partial charge on any atom is -0.370 e.